The number of nitrogens with zero attached hydrogens (tertiary/aromatic N) is 2. The van der Waals surface area contributed by atoms with Gasteiger partial charge < -0.3 is 14.7 Å². The summed E-state index contributed by atoms with van der Waals surface area (Å²) in [7, 11) is 0. The summed E-state index contributed by atoms with van der Waals surface area (Å²) in [6.07, 6.45) is 3.06. The molecule has 213 valence electrons. The first-order chi connectivity index (χ1) is 20.4. The van der Waals surface area contributed by atoms with Crippen LogP contribution in [-0.2, 0) is 24.9 Å². The molecule has 0 saturated heterocycles. The van der Waals surface area contributed by atoms with Gasteiger partial charge in [-0.3, -0.25) is 4.79 Å². The van der Waals surface area contributed by atoms with E-state index in [1.165, 1.54) is 64.0 Å². The number of para-hydroxylation sites is 2. The van der Waals surface area contributed by atoms with Gasteiger partial charge in [-0.05, 0) is 61.9 Å². The number of fused-ring (bicyclic) bond motifs is 4. The van der Waals surface area contributed by atoms with E-state index in [1.807, 2.05) is 12.3 Å². The summed E-state index contributed by atoms with van der Waals surface area (Å²) in [6.45, 7) is 5.04. The minimum Gasteiger partial charge on any atom is -0.512 e. The van der Waals surface area contributed by atoms with Crippen molar-refractivity contribution in [2.75, 3.05) is 0 Å². The molecule has 1 radical (unpaired) electrons. The van der Waals surface area contributed by atoms with E-state index < -0.39 is 0 Å². The number of ketones is 1. The van der Waals surface area contributed by atoms with Crippen molar-refractivity contribution >= 4 is 39.9 Å². The molecule has 0 aliphatic carbocycles. The van der Waals surface area contributed by atoms with Gasteiger partial charge in [-0.15, -0.1) is 35.3 Å². The van der Waals surface area contributed by atoms with Crippen molar-refractivity contribution < 1.29 is 30.0 Å². The van der Waals surface area contributed by atoms with E-state index in [0.29, 0.717) is 0 Å². The van der Waals surface area contributed by atoms with Crippen LogP contribution in [-0.4, -0.2) is 27.2 Å². The Labute approximate surface area is 266 Å². The number of hydrogen-bond donors (Lipinski definition) is 1. The molecule has 0 saturated carbocycles. The molecule has 0 bridgehead atoms. The molecule has 7 rings (SSSR count). The zero-order chi connectivity index (χ0) is 29.2. The maximum atomic E-state index is 10.0. The number of carbonyl (C=O) groups excluding carboxylic acids is 1. The Balaban J connectivity index is 0.000000415. The number of allylic oxidation sites excluding steroid dienone is 2. The molecular formula is C37H30BIrN2O2-. The molecule has 43 heavy (non-hydrogen) atoms. The fourth-order valence-corrected chi connectivity index (χ4v) is 5.92. The van der Waals surface area contributed by atoms with E-state index in [4.69, 9.17) is 10.1 Å². The second-order valence-corrected chi connectivity index (χ2v) is 10.6. The van der Waals surface area contributed by atoms with Gasteiger partial charge in [0.25, 0.3) is 0 Å². The van der Waals surface area contributed by atoms with Gasteiger partial charge in [0.05, 0.1) is 11.3 Å². The number of pyridine rings is 1. The third-order valence-corrected chi connectivity index (χ3v) is 7.54. The van der Waals surface area contributed by atoms with E-state index in [1.54, 1.807) is 0 Å². The predicted octanol–water partition coefficient (Wildman–Crippen LogP) is 6.33. The summed E-state index contributed by atoms with van der Waals surface area (Å²) in [4.78, 5) is 14.8. The molecule has 0 amide bonds. The molecule has 1 N–H and O–H groups in total. The summed E-state index contributed by atoms with van der Waals surface area (Å²) in [5.74, 6) is -0.0625. The number of benzene rings is 4. The number of carbonyl (C=O) groups is 1. The van der Waals surface area contributed by atoms with Crippen molar-refractivity contribution in [3.8, 4) is 28.1 Å². The van der Waals surface area contributed by atoms with E-state index >= 15 is 0 Å². The standard InChI is InChI=1S/C32H22BN2.C5H8O2.Ir/c1-22-17-19-23(20-18-22)30-26-13-6-8-16-29(26)35(24-10-3-2-4-11-24)32(30)33-27-14-7-5-12-25(27)31-28(33)15-9-21-34-31;1-4(6)3-5(2)7;/h2-11,13-21H,1H3;3,6H,1-2H3;/q-1;;/b;4-3-;. The summed E-state index contributed by atoms with van der Waals surface area (Å²) < 4.78 is 2.45. The van der Waals surface area contributed by atoms with Gasteiger partial charge in [-0.25, -0.2) is 0 Å². The fraction of sp³-hybridized carbons (Fsp3) is 0.0811. The topological polar surface area (TPSA) is 55.1 Å². The Morgan fingerprint density at radius 2 is 1.56 bits per heavy atom. The normalized spacial score (nSPS) is 11.7. The number of aryl methyl sites for hydroxylation is 1. The second kappa shape index (κ2) is 12.8. The average Bonchev–Trinajstić information content (AvgIpc) is 3.50. The quantitative estimate of drug-likeness (QED) is 0.0995. The first kappa shape index (κ1) is 30.0. The van der Waals surface area contributed by atoms with Crippen molar-refractivity contribution in [2.45, 2.75) is 20.8 Å². The average molecular weight is 738 g/mol. The molecule has 2 aromatic heterocycles. The van der Waals surface area contributed by atoms with Crippen LogP contribution in [0.1, 0.15) is 19.4 Å². The van der Waals surface area contributed by atoms with Crippen molar-refractivity contribution in [1.29, 1.82) is 0 Å². The van der Waals surface area contributed by atoms with Gasteiger partial charge in [0, 0.05) is 49.0 Å². The zero-order valence-corrected chi connectivity index (χ0v) is 26.6. The van der Waals surface area contributed by atoms with Gasteiger partial charge in [0.2, 0.25) is 6.71 Å². The number of aliphatic hydroxyl groups is 1. The molecule has 6 aromatic rings. The minimum absolute atomic E-state index is 0. The molecule has 0 atom stereocenters. The van der Waals surface area contributed by atoms with Gasteiger partial charge >= 0.3 is 0 Å². The van der Waals surface area contributed by atoms with Crippen LogP contribution in [0.3, 0.4) is 0 Å². The Morgan fingerprint density at radius 1 is 0.860 bits per heavy atom. The second-order valence-electron chi connectivity index (χ2n) is 10.6. The monoisotopic (exact) mass is 738 g/mol. The van der Waals surface area contributed by atoms with Crippen molar-refractivity contribution in [3.63, 3.8) is 0 Å². The Bertz CT molecular complexity index is 1900. The maximum absolute atomic E-state index is 10.0. The van der Waals surface area contributed by atoms with Crippen LogP contribution >= 0.6 is 0 Å². The first-order valence-corrected chi connectivity index (χ1v) is 14.0. The molecule has 4 nitrogen and oxygen atoms in total. The van der Waals surface area contributed by atoms with Gasteiger partial charge in [-0.1, -0.05) is 77.8 Å². The molecule has 1 aliphatic rings. The molecule has 0 fully saturated rings. The largest absolute Gasteiger partial charge is 0.512 e. The molecule has 6 heteroatoms. The molecule has 0 unspecified atom stereocenters. The number of hydrogen-bond acceptors (Lipinski definition) is 3. The van der Waals surface area contributed by atoms with Crippen LogP contribution in [0.15, 0.2) is 127 Å². The van der Waals surface area contributed by atoms with Crippen LogP contribution < -0.4 is 16.5 Å². The Morgan fingerprint density at radius 3 is 2.26 bits per heavy atom. The molecule has 3 heterocycles. The summed E-state index contributed by atoms with van der Waals surface area (Å²) in [5.41, 5.74) is 12.1. The van der Waals surface area contributed by atoms with E-state index in [-0.39, 0.29) is 38.4 Å². The third kappa shape index (κ3) is 5.77. The Kier molecular flexibility index (Phi) is 8.91. The van der Waals surface area contributed by atoms with Crippen LogP contribution in [0.25, 0.3) is 39.0 Å². The molecule has 1 aliphatic heterocycles. The third-order valence-electron chi connectivity index (χ3n) is 7.54. The van der Waals surface area contributed by atoms with Crippen LogP contribution in [0.2, 0.25) is 0 Å². The summed E-state index contributed by atoms with van der Waals surface area (Å²) in [6, 6.07) is 42.5. The SMILES string of the molecule is CC(=O)/C=C(/C)O.Cc1ccc(-c2c(B3c4ccc[c-]c4-c4ncccc43)n(-c3ccccc3)c3ccccc23)cc1.[Ir]. The number of aromatic nitrogens is 2. The van der Waals surface area contributed by atoms with Gasteiger partial charge in [0.15, 0.2) is 5.78 Å². The van der Waals surface area contributed by atoms with Crippen LogP contribution in [0.4, 0.5) is 0 Å². The molecular weight excluding hydrogens is 707 g/mol. The van der Waals surface area contributed by atoms with E-state index in [0.717, 1.165) is 16.9 Å². The number of rotatable bonds is 4. The van der Waals surface area contributed by atoms with Crippen LogP contribution in [0.5, 0.6) is 0 Å². The summed E-state index contributed by atoms with van der Waals surface area (Å²) in [5, 5.41) is 9.62. The van der Waals surface area contributed by atoms with E-state index in [2.05, 4.69) is 121 Å². The van der Waals surface area contributed by atoms with Crippen molar-refractivity contribution in [3.05, 3.63) is 139 Å². The summed E-state index contributed by atoms with van der Waals surface area (Å²) >= 11 is 0. The van der Waals surface area contributed by atoms with Gasteiger partial charge in [-0.2, -0.15) is 0 Å². The smallest absolute Gasteiger partial charge is 0.204 e. The Hall–Kier alpha value is -4.51. The minimum atomic E-state index is -0.125. The van der Waals surface area contributed by atoms with Crippen LogP contribution in [0, 0.1) is 13.0 Å². The van der Waals surface area contributed by atoms with E-state index in [9.17, 15) is 4.79 Å². The number of aliphatic hydroxyl groups excluding tert-OH is 1. The first-order valence-electron chi connectivity index (χ1n) is 14.0. The van der Waals surface area contributed by atoms with Gasteiger partial charge in [0.1, 0.15) is 0 Å². The molecule has 4 aromatic carbocycles. The van der Waals surface area contributed by atoms with Crippen molar-refractivity contribution in [1.82, 2.24) is 9.55 Å². The maximum Gasteiger partial charge on any atom is 0.204 e. The molecule has 0 spiro atoms. The predicted molar refractivity (Wildman–Crippen MR) is 174 cm³/mol. The fourth-order valence-electron chi connectivity index (χ4n) is 5.92. The van der Waals surface area contributed by atoms with Crippen molar-refractivity contribution in [2.24, 2.45) is 0 Å². The zero-order valence-electron chi connectivity index (χ0n) is 24.2.